The van der Waals surface area contributed by atoms with Crippen molar-refractivity contribution in [3.63, 3.8) is 0 Å². The molecule has 3 rings (SSSR count). The first-order chi connectivity index (χ1) is 9.33. The second-order valence-corrected chi connectivity index (χ2v) is 5.40. The molecule has 102 valence electrons. The molecule has 5 nitrogen and oxygen atoms in total. The van der Waals surface area contributed by atoms with Crippen LogP contribution in [0.1, 0.15) is 47.8 Å². The van der Waals surface area contributed by atoms with Gasteiger partial charge in [-0.15, -0.1) is 0 Å². The van der Waals surface area contributed by atoms with Crippen LogP contribution in [-0.2, 0) is 4.74 Å². The molecule has 0 spiro atoms. The van der Waals surface area contributed by atoms with Crippen LogP contribution in [0.15, 0.2) is 12.4 Å². The van der Waals surface area contributed by atoms with Crippen LogP contribution in [0.5, 0.6) is 0 Å². The van der Waals surface area contributed by atoms with Gasteiger partial charge < -0.3 is 10.1 Å². The summed E-state index contributed by atoms with van der Waals surface area (Å²) in [4.78, 5) is 20.5. The quantitative estimate of drug-likeness (QED) is 0.892. The van der Waals surface area contributed by atoms with E-state index >= 15 is 0 Å². The number of carbonyl (C=O) groups excluding carboxylic acids is 1. The third-order valence-electron chi connectivity index (χ3n) is 3.68. The van der Waals surface area contributed by atoms with Gasteiger partial charge in [0.2, 0.25) is 0 Å². The minimum Gasteiger partial charge on any atom is -0.381 e. The molecule has 5 heteroatoms. The van der Waals surface area contributed by atoms with Crippen LogP contribution in [0, 0.1) is 5.92 Å². The minimum absolute atomic E-state index is 0.0899. The number of nitrogens with one attached hydrogen (secondary N) is 1. The Labute approximate surface area is 112 Å². The van der Waals surface area contributed by atoms with Gasteiger partial charge in [0.25, 0.3) is 5.91 Å². The summed E-state index contributed by atoms with van der Waals surface area (Å²) in [7, 11) is 0. The molecule has 1 aromatic rings. The van der Waals surface area contributed by atoms with Gasteiger partial charge in [0.15, 0.2) is 0 Å². The van der Waals surface area contributed by atoms with E-state index in [9.17, 15) is 4.79 Å². The maximum atomic E-state index is 12.0. The summed E-state index contributed by atoms with van der Waals surface area (Å²) in [6.45, 7) is 2.27. The highest BCUT2D eigenvalue weighted by Crippen LogP contribution is 2.37. The highest BCUT2D eigenvalue weighted by molar-refractivity contribution is 5.93. The molecule has 1 N–H and O–H groups in total. The molecule has 1 amide bonds. The molecule has 2 fully saturated rings. The average molecular weight is 261 g/mol. The number of carbonyl (C=O) groups is 1. The van der Waals surface area contributed by atoms with Gasteiger partial charge in [-0.1, -0.05) is 0 Å². The Bertz CT molecular complexity index is 437. The Kier molecular flexibility index (Phi) is 3.73. The Morgan fingerprint density at radius 3 is 2.74 bits per heavy atom. The largest absolute Gasteiger partial charge is 0.381 e. The van der Waals surface area contributed by atoms with E-state index in [0.717, 1.165) is 31.9 Å². The molecule has 0 bridgehead atoms. The van der Waals surface area contributed by atoms with E-state index < -0.39 is 0 Å². The molecule has 1 aliphatic heterocycles. The van der Waals surface area contributed by atoms with E-state index in [1.807, 2.05) is 0 Å². The van der Waals surface area contributed by atoms with Crippen molar-refractivity contribution in [2.75, 3.05) is 19.8 Å². The molecule has 1 saturated carbocycles. The van der Waals surface area contributed by atoms with Gasteiger partial charge in [0.1, 0.15) is 5.82 Å². The molecule has 1 aliphatic carbocycles. The number of nitrogens with zero attached hydrogens (tertiary/aromatic N) is 2. The fraction of sp³-hybridized carbons (Fsp3) is 0.643. The molecular weight excluding hydrogens is 242 g/mol. The Balaban J connectivity index is 1.51. The van der Waals surface area contributed by atoms with Crippen molar-refractivity contribution in [2.24, 2.45) is 5.92 Å². The van der Waals surface area contributed by atoms with Gasteiger partial charge >= 0.3 is 0 Å². The third kappa shape index (κ3) is 3.29. The van der Waals surface area contributed by atoms with E-state index in [1.165, 1.54) is 12.8 Å². The Morgan fingerprint density at radius 2 is 2.11 bits per heavy atom. The van der Waals surface area contributed by atoms with E-state index in [0.29, 0.717) is 23.9 Å². The lowest BCUT2D eigenvalue weighted by Gasteiger charge is -2.22. The van der Waals surface area contributed by atoms with Gasteiger partial charge in [0.05, 0.1) is 12.2 Å². The van der Waals surface area contributed by atoms with E-state index in [4.69, 9.17) is 4.74 Å². The lowest BCUT2D eigenvalue weighted by atomic mass is 10.0. The average Bonchev–Trinajstić information content (AvgIpc) is 3.31. The highest BCUT2D eigenvalue weighted by Gasteiger charge is 2.26. The molecule has 1 atom stereocenters. The first-order valence-electron chi connectivity index (χ1n) is 7.01. The fourth-order valence-corrected chi connectivity index (χ4v) is 2.32. The van der Waals surface area contributed by atoms with Gasteiger partial charge in [-0.05, 0) is 31.6 Å². The molecule has 1 aromatic heterocycles. The van der Waals surface area contributed by atoms with Crippen molar-refractivity contribution < 1.29 is 9.53 Å². The van der Waals surface area contributed by atoms with Crippen LogP contribution >= 0.6 is 0 Å². The van der Waals surface area contributed by atoms with Gasteiger partial charge in [-0.25, -0.2) is 9.97 Å². The molecule has 0 unspecified atom stereocenters. The van der Waals surface area contributed by atoms with Crippen LogP contribution in [0.4, 0.5) is 0 Å². The molecular formula is C14H19N3O2. The van der Waals surface area contributed by atoms with E-state index in [2.05, 4.69) is 15.3 Å². The zero-order valence-corrected chi connectivity index (χ0v) is 11.0. The monoisotopic (exact) mass is 261 g/mol. The molecule has 19 heavy (non-hydrogen) atoms. The van der Waals surface area contributed by atoms with Crippen molar-refractivity contribution in [2.45, 2.75) is 31.6 Å². The first-order valence-corrected chi connectivity index (χ1v) is 7.01. The topological polar surface area (TPSA) is 64.1 Å². The fourth-order valence-electron chi connectivity index (χ4n) is 2.32. The predicted molar refractivity (Wildman–Crippen MR) is 69.9 cm³/mol. The summed E-state index contributed by atoms with van der Waals surface area (Å²) < 4.78 is 5.39. The maximum absolute atomic E-state index is 12.0. The number of ether oxygens (including phenoxy) is 1. The predicted octanol–water partition coefficient (Wildman–Crippen LogP) is 1.51. The second kappa shape index (κ2) is 5.65. The van der Waals surface area contributed by atoms with Crippen LogP contribution < -0.4 is 5.32 Å². The number of amides is 1. The third-order valence-corrected chi connectivity index (χ3v) is 3.68. The van der Waals surface area contributed by atoms with Gasteiger partial charge in [-0.3, -0.25) is 4.79 Å². The van der Waals surface area contributed by atoms with Crippen LogP contribution in [0.3, 0.4) is 0 Å². The number of hydrogen-bond acceptors (Lipinski definition) is 4. The van der Waals surface area contributed by atoms with Gasteiger partial charge in [-0.2, -0.15) is 0 Å². The van der Waals surface area contributed by atoms with Crippen LogP contribution in [-0.4, -0.2) is 35.6 Å². The van der Waals surface area contributed by atoms with Crippen molar-refractivity contribution in [3.8, 4) is 0 Å². The van der Waals surface area contributed by atoms with Gasteiger partial charge in [0, 0.05) is 31.5 Å². The maximum Gasteiger partial charge on any atom is 0.254 e. The first kappa shape index (κ1) is 12.5. The van der Waals surface area contributed by atoms with E-state index in [-0.39, 0.29) is 5.91 Å². The number of hydrogen-bond donors (Lipinski definition) is 1. The molecule has 2 aliphatic rings. The lowest BCUT2D eigenvalue weighted by molar-refractivity contribution is 0.0536. The van der Waals surface area contributed by atoms with Crippen LogP contribution in [0.2, 0.25) is 0 Å². The Morgan fingerprint density at radius 1 is 1.32 bits per heavy atom. The number of rotatable bonds is 4. The smallest absolute Gasteiger partial charge is 0.254 e. The molecule has 0 radical (unpaired) electrons. The molecule has 1 saturated heterocycles. The summed E-state index contributed by atoms with van der Waals surface area (Å²) in [6.07, 6.45) is 7.82. The Hall–Kier alpha value is -1.49. The zero-order valence-electron chi connectivity index (χ0n) is 11.0. The van der Waals surface area contributed by atoms with Crippen molar-refractivity contribution in [1.82, 2.24) is 15.3 Å². The second-order valence-electron chi connectivity index (χ2n) is 5.40. The summed E-state index contributed by atoms with van der Waals surface area (Å²) in [6, 6.07) is 0. The summed E-state index contributed by atoms with van der Waals surface area (Å²) in [5, 5.41) is 2.93. The summed E-state index contributed by atoms with van der Waals surface area (Å²) >= 11 is 0. The lowest BCUT2D eigenvalue weighted by Crippen LogP contribution is -2.33. The SMILES string of the molecule is O=C(NC[C@@H]1CCCOC1)c1cnc(C2CC2)nc1. The van der Waals surface area contributed by atoms with Crippen molar-refractivity contribution in [3.05, 3.63) is 23.8 Å². The highest BCUT2D eigenvalue weighted by atomic mass is 16.5. The summed E-state index contributed by atoms with van der Waals surface area (Å²) in [5.41, 5.74) is 0.543. The van der Waals surface area contributed by atoms with E-state index in [1.54, 1.807) is 12.4 Å². The normalized spacial score (nSPS) is 23.1. The summed E-state index contributed by atoms with van der Waals surface area (Å²) in [5.74, 6) is 1.74. The standard InChI is InChI=1S/C14H19N3O2/c18-14(17-6-10-2-1-5-19-9-10)12-7-15-13(16-8-12)11-3-4-11/h7-8,10-11H,1-6,9H2,(H,17,18)/t10-/m0/s1. The minimum atomic E-state index is -0.0899. The molecule has 2 heterocycles. The number of aromatic nitrogens is 2. The molecule has 0 aromatic carbocycles. The van der Waals surface area contributed by atoms with Crippen molar-refractivity contribution in [1.29, 1.82) is 0 Å². The zero-order chi connectivity index (χ0) is 13.1. The van der Waals surface area contributed by atoms with Crippen LogP contribution in [0.25, 0.3) is 0 Å². The van der Waals surface area contributed by atoms with Crippen molar-refractivity contribution >= 4 is 5.91 Å².